The van der Waals surface area contributed by atoms with Gasteiger partial charge < -0.3 is 10.6 Å². The van der Waals surface area contributed by atoms with Crippen LogP contribution in [0.25, 0.3) is 0 Å². The van der Waals surface area contributed by atoms with E-state index in [1.54, 1.807) is 21.0 Å². The van der Waals surface area contributed by atoms with Crippen molar-refractivity contribution in [1.29, 1.82) is 0 Å². The molecule has 8 heteroatoms. The molecule has 1 rings (SSSR count). The second-order valence-electron chi connectivity index (χ2n) is 4.56. The lowest BCUT2D eigenvalue weighted by Crippen LogP contribution is -2.30. The molecular weight excluding hydrogens is 302 g/mol. The molecular formula is C12H18ClN3O3S. The molecule has 3 N–H and O–H groups in total. The van der Waals surface area contributed by atoms with Crippen LogP contribution in [0.2, 0.25) is 5.02 Å². The summed E-state index contributed by atoms with van der Waals surface area (Å²) in [7, 11) is -0.512. The largest absolute Gasteiger partial charge is 0.398 e. The zero-order chi connectivity index (χ0) is 15.5. The maximum atomic E-state index is 12.0. The summed E-state index contributed by atoms with van der Waals surface area (Å²) in [5.41, 5.74) is 6.64. The minimum Gasteiger partial charge on any atom is -0.398 e. The summed E-state index contributed by atoms with van der Waals surface area (Å²) in [6, 6.07) is 2.68. The molecule has 0 saturated heterocycles. The van der Waals surface area contributed by atoms with E-state index in [4.69, 9.17) is 17.3 Å². The normalized spacial score (nSPS) is 11.4. The smallest absolute Gasteiger partial charge is 0.240 e. The van der Waals surface area contributed by atoms with Gasteiger partial charge in [0.25, 0.3) is 0 Å². The van der Waals surface area contributed by atoms with E-state index in [0.717, 1.165) is 0 Å². The van der Waals surface area contributed by atoms with Gasteiger partial charge in [0, 0.05) is 37.8 Å². The van der Waals surface area contributed by atoms with Crippen molar-refractivity contribution in [2.45, 2.75) is 18.2 Å². The topological polar surface area (TPSA) is 92.5 Å². The highest BCUT2D eigenvalue weighted by molar-refractivity contribution is 7.89. The van der Waals surface area contributed by atoms with Crippen LogP contribution < -0.4 is 10.5 Å². The van der Waals surface area contributed by atoms with Crippen molar-refractivity contribution >= 4 is 33.2 Å². The lowest BCUT2D eigenvalue weighted by atomic mass is 10.2. The number of benzene rings is 1. The molecule has 0 aliphatic carbocycles. The fraction of sp³-hybridized carbons (Fsp3) is 0.417. The van der Waals surface area contributed by atoms with E-state index < -0.39 is 10.0 Å². The van der Waals surface area contributed by atoms with Gasteiger partial charge in [-0.15, -0.1) is 0 Å². The van der Waals surface area contributed by atoms with Gasteiger partial charge in [-0.2, -0.15) is 0 Å². The molecule has 1 amide bonds. The molecule has 20 heavy (non-hydrogen) atoms. The number of nitrogen functional groups attached to an aromatic ring is 1. The Labute approximate surface area is 123 Å². The summed E-state index contributed by atoms with van der Waals surface area (Å²) in [6.45, 7) is 1.72. The zero-order valence-electron chi connectivity index (χ0n) is 11.6. The maximum Gasteiger partial charge on any atom is 0.240 e. The highest BCUT2D eigenvalue weighted by Crippen LogP contribution is 2.25. The number of hydrogen-bond acceptors (Lipinski definition) is 4. The summed E-state index contributed by atoms with van der Waals surface area (Å²) in [4.78, 5) is 12.8. The molecule has 0 bridgehead atoms. The standard InChI is InChI=1S/C12H18ClN3O3S/c1-8-10(13)6-9(7-11(8)14)20(18,19)15-5-4-12(17)16(2)3/h6-7,15H,4-5,14H2,1-3H3. The molecule has 0 fully saturated rings. The highest BCUT2D eigenvalue weighted by atomic mass is 35.5. The number of anilines is 1. The average Bonchev–Trinajstić information content (AvgIpc) is 2.34. The van der Waals surface area contributed by atoms with Gasteiger partial charge in [-0.25, -0.2) is 13.1 Å². The molecule has 1 aromatic rings. The van der Waals surface area contributed by atoms with Gasteiger partial charge in [0.05, 0.1) is 4.90 Å². The predicted octanol–water partition coefficient (Wildman–Crippen LogP) is 0.987. The predicted molar refractivity (Wildman–Crippen MR) is 79.1 cm³/mol. The van der Waals surface area contributed by atoms with Crippen LogP contribution >= 0.6 is 11.6 Å². The minimum atomic E-state index is -3.73. The SMILES string of the molecule is Cc1c(N)cc(S(=O)(=O)NCCC(=O)N(C)C)cc1Cl. The Kier molecular flexibility index (Phi) is 5.38. The second kappa shape index (κ2) is 6.43. The highest BCUT2D eigenvalue weighted by Gasteiger charge is 2.17. The van der Waals surface area contributed by atoms with E-state index in [1.165, 1.54) is 17.0 Å². The van der Waals surface area contributed by atoms with Gasteiger partial charge >= 0.3 is 0 Å². The Balaban J connectivity index is 2.82. The number of halogens is 1. The van der Waals surface area contributed by atoms with E-state index in [9.17, 15) is 13.2 Å². The number of sulfonamides is 1. The number of hydrogen-bond donors (Lipinski definition) is 2. The molecule has 112 valence electrons. The number of nitrogens with one attached hydrogen (secondary N) is 1. The Morgan fingerprint density at radius 2 is 2.00 bits per heavy atom. The van der Waals surface area contributed by atoms with Crippen molar-refractivity contribution in [2.75, 3.05) is 26.4 Å². The second-order valence-corrected chi connectivity index (χ2v) is 6.73. The quantitative estimate of drug-likeness (QED) is 0.791. The van der Waals surface area contributed by atoms with Gasteiger partial charge in [0.15, 0.2) is 0 Å². The Hall–Kier alpha value is -1.31. The van der Waals surface area contributed by atoms with Gasteiger partial charge in [-0.1, -0.05) is 11.6 Å². The van der Waals surface area contributed by atoms with E-state index in [0.29, 0.717) is 11.3 Å². The van der Waals surface area contributed by atoms with E-state index >= 15 is 0 Å². The number of rotatable bonds is 5. The number of carbonyl (C=O) groups is 1. The summed E-state index contributed by atoms with van der Waals surface area (Å²) in [6.07, 6.45) is 0.0846. The van der Waals surface area contributed by atoms with Crippen molar-refractivity contribution in [3.8, 4) is 0 Å². The van der Waals surface area contributed by atoms with Crippen LogP contribution in [0.5, 0.6) is 0 Å². The van der Waals surface area contributed by atoms with Crippen LogP contribution in [0.15, 0.2) is 17.0 Å². The van der Waals surface area contributed by atoms with Crippen molar-refractivity contribution in [3.63, 3.8) is 0 Å². The Morgan fingerprint density at radius 1 is 1.40 bits per heavy atom. The van der Waals surface area contributed by atoms with Crippen molar-refractivity contribution in [3.05, 3.63) is 22.7 Å². The van der Waals surface area contributed by atoms with Crippen LogP contribution in [0.3, 0.4) is 0 Å². The van der Waals surface area contributed by atoms with Crippen LogP contribution in [-0.4, -0.2) is 39.9 Å². The first-order valence-electron chi connectivity index (χ1n) is 5.90. The average molecular weight is 320 g/mol. The molecule has 0 aliphatic rings. The molecule has 0 aromatic heterocycles. The van der Waals surface area contributed by atoms with Crippen LogP contribution in [0, 0.1) is 6.92 Å². The fourth-order valence-corrected chi connectivity index (χ4v) is 2.81. The van der Waals surface area contributed by atoms with Crippen LogP contribution in [-0.2, 0) is 14.8 Å². The zero-order valence-corrected chi connectivity index (χ0v) is 13.2. The fourth-order valence-electron chi connectivity index (χ4n) is 1.43. The molecule has 0 aliphatic heterocycles. The van der Waals surface area contributed by atoms with Gasteiger partial charge in [-0.05, 0) is 24.6 Å². The molecule has 0 atom stereocenters. The summed E-state index contributed by atoms with van der Waals surface area (Å²) >= 11 is 5.92. The van der Waals surface area contributed by atoms with E-state index in [-0.39, 0.29) is 28.8 Å². The molecule has 0 spiro atoms. The third kappa shape index (κ3) is 4.09. The monoisotopic (exact) mass is 319 g/mol. The lowest BCUT2D eigenvalue weighted by Gasteiger charge is -2.12. The maximum absolute atomic E-state index is 12.0. The first-order valence-corrected chi connectivity index (χ1v) is 7.76. The number of carbonyl (C=O) groups excluding carboxylic acids is 1. The summed E-state index contributed by atoms with van der Waals surface area (Å²) < 4.78 is 26.4. The van der Waals surface area contributed by atoms with E-state index in [1.807, 2.05) is 0 Å². The molecule has 0 saturated carbocycles. The third-order valence-corrected chi connectivity index (χ3v) is 4.63. The molecule has 0 heterocycles. The number of amides is 1. The molecule has 0 radical (unpaired) electrons. The van der Waals surface area contributed by atoms with Crippen molar-refractivity contribution < 1.29 is 13.2 Å². The van der Waals surface area contributed by atoms with Gasteiger partial charge in [0.1, 0.15) is 0 Å². The lowest BCUT2D eigenvalue weighted by molar-refractivity contribution is -0.128. The first-order chi connectivity index (χ1) is 9.15. The number of nitrogens with zero attached hydrogens (tertiary/aromatic N) is 1. The number of nitrogens with two attached hydrogens (primary N) is 1. The van der Waals surface area contributed by atoms with Crippen molar-refractivity contribution in [1.82, 2.24) is 9.62 Å². The third-order valence-electron chi connectivity index (χ3n) is 2.80. The molecule has 0 unspecified atom stereocenters. The summed E-state index contributed by atoms with van der Waals surface area (Å²) in [5.74, 6) is -0.158. The van der Waals surface area contributed by atoms with Crippen LogP contribution in [0.4, 0.5) is 5.69 Å². The molecule has 1 aromatic carbocycles. The Bertz CT molecular complexity index is 591. The van der Waals surface area contributed by atoms with Crippen LogP contribution in [0.1, 0.15) is 12.0 Å². The Morgan fingerprint density at radius 3 is 2.50 bits per heavy atom. The minimum absolute atomic E-state index is 0.0112. The van der Waals surface area contributed by atoms with E-state index in [2.05, 4.69) is 4.72 Å². The summed E-state index contributed by atoms with van der Waals surface area (Å²) in [5, 5.41) is 0.287. The first kappa shape index (κ1) is 16.7. The molecule has 6 nitrogen and oxygen atoms in total. The van der Waals surface area contributed by atoms with Gasteiger partial charge in [-0.3, -0.25) is 4.79 Å². The van der Waals surface area contributed by atoms with Crippen molar-refractivity contribution in [2.24, 2.45) is 0 Å². The van der Waals surface area contributed by atoms with Gasteiger partial charge in [0.2, 0.25) is 15.9 Å².